The lowest BCUT2D eigenvalue weighted by Crippen LogP contribution is -2.14. The van der Waals surface area contributed by atoms with Crippen LogP contribution in [-0.2, 0) is 9.47 Å². The number of ether oxygens (including phenoxy) is 2. The third-order valence-corrected chi connectivity index (χ3v) is 3.92. The van der Waals surface area contributed by atoms with E-state index in [1.807, 2.05) is 6.92 Å². The first-order chi connectivity index (χ1) is 13.8. The van der Waals surface area contributed by atoms with Crippen molar-refractivity contribution in [3.63, 3.8) is 0 Å². The number of nitrogens with zero attached hydrogens (tertiary/aromatic N) is 1. The van der Waals surface area contributed by atoms with Gasteiger partial charge in [0.25, 0.3) is 11.6 Å². The molecule has 152 valence electrons. The molecule has 9 nitrogen and oxygen atoms in total. The summed E-state index contributed by atoms with van der Waals surface area (Å²) >= 11 is 0. The van der Waals surface area contributed by atoms with Crippen molar-refractivity contribution in [1.29, 1.82) is 0 Å². The third kappa shape index (κ3) is 5.86. The molecule has 0 saturated carbocycles. The number of nitro benzene ring substituents is 1. The molecular formula is C20H20N2O7. The van der Waals surface area contributed by atoms with Crippen LogP contribution in [0.2, 0.25) is 0 Å². The van der Waals surface area contributed by atoms with Crippen molar-refractivity contribution in [1.82, 2.24) is 0 Å². The monoisotopic (exact) mass is 400 g/mol. The molecule has 2 aromatic carbocycles. The summed E-state index contributed by atoms with van der Waals surface area (Å²) in [5.41, 5.74) is 0.0940. The summed E-state index contributed by atoms with van der Waals surface area (Å²) in [6.07, 6.45) is 1.68. The van der Waals surface area contributed by atoms with Crippen molar-refractivity contribution < 1.29 is 28.8 Å². The molecule has 0 aliphatic rings. The van der Waals surface area contributed by atoms with Crippen molar-refractivity contribution in [2.45, 2.75) is 19.8 Å². The van der Waals surface area contributed by atoms with Crippen LogP contribution in [0.1, 0.15) is 50.8 Å². The summed E-state index contributed by atoms with van der Waals surface area (Å²) in [6.45, 7) is 2.32. The molecule has 0 spiro atoms. The fourth-order valence-corrected chi connectivity index (χ4v) is 2.37. The highest BCUT2D eigenvalue weighted by atomic mass is 16.6. The lowest BCUT2D eigenvalue weighted by atomic mass is 10.1. The van der Waals surface area contributed by atoms with Crippen LogP contribution in [-0.4, -0.2) is 36.5 Å². The van der Waals surface area contributed by atoms with Gasteiger partial charge in [0.05, 0.1) is 29.8 Å². The molecule has 2 rings (SSSR count). The fourth-order valence-electron chi connectivity index (χ4n) is 2.37. The molecule has 0 aromatic heterocycles. The predicted molar refractivity (Wildman–Crippen MR) is 104 cm³/mol. The van der Waals surface area contributed by atoms with Crippen LogP contribution < -0.4 is 5.32 Å². The van der Waals surface area contributed by atoms with Crippen LogP contribution in [0.15, 0.2) is 42.5 Å². The highest BCUT2D eigenvalue weighted by molar-refractivity contribution is 6.06. The zero-order chi connectivity index (χ0) is 21.4. The number of anilines is 1. The normalized spacial score (nSPS) is 10.1. The Balaban J connectivity index is 2.15. The molecule has 1 amide bonds. The van der Waals surface area contributed by atoms with E-state index in [1.54, 1.807) is 0 Å². The maximum atomic E-state index is 12.5. The number of nitrogens with one attached hydrogen (secondary N) is 1. The van der Waals surface area contributed by atoms with E-state index in [0.717, 1.165) is 32.1 Å². The average molecular weight is 400 g/mol. The maximum Gasteiger partial charge on any atom is 0.338 e. The number of amides is 1. The van der Waals surface area contributed by atoms with Gasteiger partial charge in [0.15, 0.2) is 0 Å². The maximum absolute atomic E-state index is 12.5. The summed E-state index contributed by atoms with van der Waals surface area (Å²) in [7, 11) is 1.13. The van der Waals surface area contributed by atoms with E-state index in [4.69, 9.17) is 4.74 Å². The summed E-state index contributed by atoms with van der Waals surface area (Å²) in [5.74, 6) is -1.91. The smallest absolute Gasteiger partial charge is 0.338 e. The number of esters is 2. The molecule has 0 heterocycles. The molecule has 2 aromatic rings. The van der Waals surface area contributed by atoms with Crippen molar-refractivity contribution >= 4 is 29.2 Å². The first-order valence-electron chi connectivity index (χ1n) is 8.82. The number of hydrogen-bond donors (Lipinski definition) is 1. The largest absolute Gasteiger partial charge is 0.465 e. The molecular weight excluding hydrogens is 380 g/mol. The van der Waals surface area contributed by atoms with Crippen molar-refractivity contribution in [3.05, 3.63) is 69.3 Å². The molecule has 0 atom stereocenters. The standard InChI is InChI=1S/C20H20N2O7/c1-3-4-9-29-20(25)13-5-7-16(8-6-13)21-18(23)14-10-15(19(24)28-2)12-17(11-14)22(26)27/h5-8,10-12H,3-4,9H2,1-2H3,(H,21,23). The highest BCUT2D eigenvalue weighted by Gasteiger charge is 2.18. The summed E-state index contributed by atoms with van der Waals surface area (Å²) < 4.78 is 9.66. The van der Waals surface area contributed by atoms with Gasteiger partial charge in [0, 0.05) is 23.4 Å². The summed E-state index contributed by atoms with van der Waals surface area (Å²) in [6, 6.07) is 9.30. The second kappa shape index (κ2) is 9.98. The highest BCUT2D eigenvalue weighted by Crippen LogP contribution is 2.20. The third-order valence-electron chi connectivity index (χ3n) is 3.92. The Morgan fingerprint density at radius 1 is 1.00 bits per heavy atom. The van der Waals surface area contributed by atoms with E-state index < -0.39 is 28.5 Å². The van der Waals surface area contributed by atoms with Gasteiger partial charge in [-0.3, -0.25) is 14.9 Å². The molecule has 1 N–H and O–H groups in total. The van der Waals surface area contributed by atoms with Gasteiger partial charge in [0.1, 0.15) is 0 Å². The number of non-ortho nitro benzene ring substituents is 1. The minimum Gasteiger partial charge on any atom is -0.465 e. The molecule has 0 aliphatic carbocycles. The van der Waals surface area contributed by atoms with Crippen LogP contribution >= 0.6 is 0 Å². The summed E-state index contributed by atoms with van der Waals surface area (Å²) in [4.78, 5) is 46.4. The van der Waals surface area contributed by atoms with Gasteiger partial charge < -0.3 is 14.8 Å². The quantitative estimate of drug-likeness (QED) is 0.311. The Kier molecular flexibility index (Phi) is 7.41. The summed E-state index contributed by atoms with van der Waals surface area (Å²) in [5, 5.41) is 13.6. The zero-order valence-corrected chi connectivity index (χ0v) is 16.0. The van der Waals surface area contributed by atoms with Crippen LogP contribution in [0.5, 0.6) is 0 Å². The number of carbonyl (C=O) groups excluding carboxylic acids is 3. The lowest BCUT2D eigenvalue weighted by Gasteiger charge is -2.08. The van der Waals surface area contributed by atoms with Gasteiger partial charge in [-0.15, -0.1) is 0 Å². The van der Waals surface area contributed by atoms with Gasteiger partial charge in [-0.1, -0.05) is 13.3 Å². The van der Waals surface area contributed by atoms with Crippen LogP contribution in [0.25, 0.3) is 0 Å². The minimum atomic E-state index is -0.798. The van der Waals surface area contributed by atoms with Crippen molar-refractivity contribution in [2.24, 2.45) is 0 Å². The van der Waals surface area contributed by atoms with Gasteiger partial charge in [-0.2, -0.15) is 0 Å². The van der Waals surface area contributed by atoms with Crippen LogP contribution in [0.3, 0.4) is 0 Å². The van der Waals surface area contributed by atoms with Gasteiger partial charge in [-0.05, 0) is 36.8 Å². The van der Waals surface area contributed by atoms with E-state index in [2.05, 4.69) is 10.1 Å². The molecule has 0 aliphatic heterocycles. The number of nitro groups is 1. The van der Waals surface area contributed by atoms with Crippen molar-refractivity contribution in [2.75, 3.05) is 19.0 Å². The second-order valence-electron chi connectivity index (χ2n) is 6.04. The Morgan fingerprint density at radius 3 is 2.24 bits per heavy atom. The first-order valence-corrected chi connectivity index (χ1v) is 8.82. The Labute approximate surface area is 166 Å². The van der Waals surface area contributed by atoms with Crippen molar-refractivity contribution in [3.8, 4) is 0 Å². The van der Waals surface area contributed by atoms with Crippen LogP contribution in [0.4, 0.5) is 11.4 Å². The molecule has 0 bridgehead atoms. The van der Waals surface area contributed by atoms with E-state index >= 15 is 0 Å². The fraction of sp³-hybridized carbons (Fsp3) is 0.250. The molecule has 9 heteroatoms. The molecule has 0 saturated heterocycles. The Bertz CT molecular complexity index is 923. The Morgan fingerprint density at radius 2 is 1.66 bits per heavy atom. The Hall–Kier alpha value is -3.75. The number of carbonyl (C=O) groups is 3. The number of rotatable bonds is 8. The lowest BCUT2D eigenvalue weighted by molar-refractivity contribution is -0.384. The number of hydrogen-bond acceptors (Lipinski definition) is 7. The van der Waals surface area contributed by atoms with Crippen LogP contribution in [0, 0.1) is 10.1 Å². The van der Waals surface area contributed by atoms with E-state index in [-0.39, 0.29) is 11.1 Å². The SMILES string of the molecule is CCCCOC(=O)c1ccc(NC(=O)c2cc(C(=O)OC)cc([N+](=O)[O-])c2)cc1. The average Bonchev–Trinajstić information content (AvgIpc) is 2.73. The molecule has 0 unspecified atom stereocenters. The molecule has 0 radical (unpaired) electrons. The molecule has 0 fully saturated rings. The zero-order valence-electron chi connectivity index (χ0n) is 16.0. The van der Waals surface area contributed by atoms with Gasteiger partial charge in [-0.25, -0.2) is 9.59 Å². The van der Waals surface area contributed by atoms with E-state index in [0.29, 0.717) is 17.9 Å². The van der Waals surface area contributed by atoms with Gasteiger partial charge in [0.2, 0.25) is 0 Å². The van der Waals surface area contributed by atoms with E-state index in [1.165, 1.54) is 30.3 Å². The number of methoxy groups -OCH3 is 1. The second-order valence-corrected chi connectivity index (χ2v) is 6.04. The molecule has 29 heavy (non-hydrogen) atoms. The van der Waals surface area contributed by atoms with E-state index in [9.17, 15) is 24.5 Å². The van der Waals surface area contributed by atoms with Gasteiger partial charge >= 0.3 is 11.9 Å². The number of unbranched alkanes of at least 4 members (excludes halogenated alkanes) is 1. The topological polar surface area (TPSA) is 125 Å². The minimum absolute atomic E-state index is 0.0809. The first kappa shape index (κ1) is 21.5. The predicted octanol–water partition coefficient (Wildman–Crippen LogP) is 3.59. The number of benzene rings is 2.